The van der Waals surface area contributed by atoms with E-state index < -0.39 is 0 Å². The van der Waals surface area contributed by atoms with Gasteiger partial charge in [0.05, 0.1) is 34.8 Å². The number of aromatic nitrogens is 4. The molecule has 0 radical (unpaired) electrons. The van der Waals surface area contributed by atoms with Crippen LogP contribution in [0, 0.1) is 11.3 Å². The molecule has 0 aliphatic carbocycles. The second-order valence-electron chi connectivity index (χ2n) is 6.34. The molecule has 4 heterocycles. The van der Waals surface area contributed by atoms with Gasteiger partial charge in [-0.3, -0.25) is 4.79 Å². The number of nitriles is 1. The molecule has 0 spiro atoms. The molecule has 0 atom stereocenters. The Kier molecular flexibility index (Phi) is 6.03. The molecule has 4 rings (SSSR count). The van der Waals surface area contributed by atoms with Gasteiger partial charge in [0.1, 0.15) is 6.07 Å². The van der Waals surface area contributed by atoms with Gasteiger partial charge in [-0.25, -0.2) is 15.0 Å². The summed E-state index contributed by atoms with van der Waals surface area (Å²) in [5, 5.41) is 19.2. The van der Waals surface area contributed by atoms with Crippen LogP contribution in [0.1, 0.15) is 18.5 Å². The van der Waals surface area contributed by atoms with Crippen LogP contribution in [0.2, 0.25) is 0 Å². The normalized spacial score (nSPS) is 14.1. The van der Waals surface area contributed by atoms with Crippen molar-refractivity contribution in [3.63, 3.8) is 0 Å². The average molecular weight is 399 g/mol. The van der Waals surface area contributed by atoms with Crippen molar-refractivity contribution < 1.29 is 0 Å². The number of pyridine rings is 2. The van der Waals surface area contributed by atoms with Gasteiger partial charge in [-0.1, -0.05) is 0 Å². The maximum Gasteiger partial charge on any atom is 0.248 e. The minimum absolute atomic E-state index is 0. The fraction of sp³-hybridized carbons (Fsp3) is 0.278. The minimum Gasteiger partial charge on any atom is -0.380 e. The molecule has 0 bridgehead atoms. The highest BCUT2D eigenvalue weighted by Gasteiger charge is 2.15. The number of nitrogens with zero attached hydrogens (tertiary/aromatic N) is 4. The molecule has 28 heavy (non-hydrogen) atoms. The smallest absolute Gasteiger partial charge is 0.248 e. The Balaban J connectivity index is 0.00000225. The highest BCUT2D eigenvalue weighted by atomic mass is 35.5. The molecule has 0 aromatic carbocycles. The van der Waals surface area contributed by atoms with E-state index in [1.807, 2.05) is 6.07 Å². The lowest BCUT2D eigenvalue weighted by atomic mass is 10.1. The molecular formula is C18H19ClN8O. The van der Waals surface area contributed by atoms with E-state index in [0.29, 0.717) is 40.1 Å². The average Bonchev–Trinajstić information content (AvgIpc) is 2.69. The molecule has 0 amide bonds. The largest absolute Gasteiger partial charge is 0.380 e. The molecule has 1 fully saturated rings. The number of aromatic amines is 1. The molecule has 3 aromatic heterocycles. The molecule has 10 heteroatoms. The van der Waals surface area contributed by atoms with Crippen molar-refractivity contribution in [1.82, 2.24) is 25.3 Å². The first kappa shape index (κ1) is 19.5. The fourth-order valence-corrected chi connectivity index (χ4v) is 3.06. The zero-order valence-electron chi connectivity index (χ0n) is 14.9. The van der Waals surface area contributed by atoms with Crippen molar-refractivity contribution in [2.24, 2.45) is 0 Å². The highest BCUT2D eigenvalue weighted by molar-refractivity contribution is 5.85. The molecule has 4 N–H and O–H groups in total. The number of hydrogen-bond donors (Lipinski definition) is 4. The zero-order valence-corrected chi connectivity index (χ0v) is 15.7. The summed E-state index contributed by atoms with van der Waals surface area (Å²) in [5.74, 6) is 0.383. The van der Waals surface area contributed by atoms with Crippen molar-refractivity contribution in [1.29, 1.82) is 5.26 Å². The van der Waals surface area contributed by atoms with Crippen LogP contribution >= 0.6 is 12.4 Å². The number of anilines is 3. The van der Waals surface area contributed by atoms with E-state index in [2.05, 4.69) is 42.0 Å². The lowest BCUT2D eigenvalue weighted by Gasteiger charge is -2.25. The summed E-state index contributed by atoms with van der Waals surface area (Å²) >= 11 is 0. The van der Waals surface area contributed by atoms with Crippen LogP contribution in [0.3, 0.4) is 0 Å². The molecule has 144 valence electrons. The summed E-state index contributed by atoms with van der Waals surface area (Å²) in [6.45, 7) is 1.91. The fourth-order valence-electron chi connectivity index (χ4n) is 3.06. The van der Waals surface area contributed by atoms with Crippen molar-refractivity contribution in [2.45, 2.75) is 18.9 Å². The molecule has 1 saturated heterocycles. The first-order chi connectivity index (χ1) is 13.2. The van der Waals surface area contributed by atoms with Gasteiger partial charge >= 0.3 is 0 Å². The molecule has 1 aliphatic rings. The minimum atomic E-state index is -0.197. The summed E-state index contributed by atoms with van der Waals surface area (Å²) in [5.41, 5.74) is 2.72. The summed E-state index contributed by atoms with van der Waals surface area (Å²) in [6, 6.07) is 7.34. The van der Waals surface area contributed by atoms with Crippen LogP contribution in [0.5, 0.6) is 0 Å². The highest BCUT2D eigenvalue weighted by Crippen LogP contribution is 2.22. The Labute approximate surface area is 167 Å². The number of rotatable bonds is 4. The number of piperidine rings is 1. The van der Waals surface area contributed by atoms with Crippen molar-refractivity contribution >= 4 is 40.8 Å². The number of halogens is 1. The van der Waals surface area contributed by atoms with Gasteiger partial charge < -0.3 is 20.9 Å². The monoisotopic (exact) mass is 398 g/mol. The van der Waals surface area contributed by atoms with Gasteiger partial charge in [0.2, 0.25) is 11.5 Å². The zero-order chi connectivity index (χ0) is 18.6. The molecule has 0 saturated carbocycles. The number of hydrogen-bond acceptors (Lipinski definition) is 8. The predicted octanol–water partition coefficient (Wildman–Crippen LogP) is 1.91. The van der Waals surface area contributed by atoms with Gasteiger partial charge in [0.25, 0.3) is 0 Å². The standard InChI is InChI=1S/C18H18N8O.ClH/c19-8-15-14(23-11-3-5-20-6-4-11)7-12(9-21-15)24-18-22-10-16-13(26-18)1-2-17(27)25-16;/h1-2,7,9-11,20,23H,3-6H2,(H,25,27)(H,22,24,26);1H. The first-order valence-electron chi connectivity index (χ1n) is 8.72. The summed E-state index contributed by atoms with van der Waals surface area (Å²) in [6.07, 6.45) is 5.12. The maximum absolute atomic E-state index is 11.3. The second-order valence-corrected chi connectivity index (χ2v) is 6.34. The summed E-state index contributed by atoms with van der Waals surface area (Å²) in [7, 11) is 0. The van der Waals surface area contributed by atoms with Crippen LogP contribution in [0.4, 0.5) is 17.3 Å². The van der Waals surface area contributed by atoms with Crippen LogP contribution in [0.15, 0.2) is 35.4 Å². The lowest BCUT2D eigenvalue weighted by Crippen LogP contribution is -2.35. The quantitative estimate of drug-likeness (QED) is 0.524. The Hall–Kier alpha value is -3.22. The molecule has 1 aliphatic heterocycles. The van der Waals surface area contributed by atoms with Gasteiger partial charge in [-0.2, -0.15) is 5.26 Å². The topological polar surface area (TPSA) is 131 Å². The molecule has 3 aromatic rings. The van der Waals surface area contributed by atoms with Crippen molar-refractivity contribution in [3.05, 3.63) is 46.6 Å². The number of fused-ring (bicyclic) bond motifs is 1. The molecular weight excluding hydrogens is 380 g/mol. The molecule has 9 nitrogen and oxygen atoms in total. The number of nitrogens with one attached hydrogen (secondary N) is 4. The van der Waals surface area contributed by atoms with Crippen LogP contribution in [-0.2, 0) is 0 Å². The van der Waals surface area contributed by atoms with E-state index in [4.69, 9.17) is 0 Å². The van der Waals surface area contributed by atoms with Gasteiger partial charge in [0, 0.05) is 12.1 Å². The first-order valence-corrected chi connectivity index (χ1v) is 8.72. The van der Waals surface area contributed by atoms with E-state index in [1.54, 1.807) is 18.5 Å². The van der Waals surface area contributed by atoms with Crippen LogP contribution in [0.25, 0.3) is 11.0 Å². The maximum atomic E-state index is 11.3. The summed E-state index contributed by atoms with van der Waals surface area (Å²) < 4.78 is 0. The van der Waals surface area contributed by atoms with Crippen LogP contribution in [-0.4, -0.2) is 39.1 Å². The molecule has 0 unspecified atom stereocenters. The summed E-state index contributed by atoms with van der Waals surface area (Å²) in [4.78, 5) is 26.9. The van der Waals surface area contributed by atoms with Crippen molar-refractivity contribution in [2.75, 3.05) is 23.7 Å². The van der Waals surface area contributed by atoms with E-state index in [1.165, 1.54) is 6.07 Å². The second kappa shape index (κ2) is 8.65. The third kappa shape index (κ3) is 4.36. The van der Waals surface area contributed by atoms with Gasteiger partial charge in [-0.15, -0.1) is 12.4 Å². The van der Waals surface area contributed by atoms with E-state index in [-0.39, 0.29) is 18.0 Å². The third-order valence-corrected chi connectivity index (χ3v) is 4.42. The Morgan fingerprint density at radius 2 is 2.00 bits per heavy atom. The van der Waals surface area contributed by atoms with Gasteiger partial charge in [-0.05, 0) is 38.1 Å². The SMILES string of the molecule is Cl.N#Cc1ncc(Nc2ncc3[nH]c(=O)ccc3n2)cc1NC1CCNCC1. The van der Waals surface area contributed by atoms with E-state index >= 15 is 0 Å². The lowest BCUT2D eigenvalue weighted by molar-refractivity contribution is 0.479. The van der Waals surface area contributed by atoms with E-state index in [9.17, 15) is 10.1 Å². The Bertz CT molecular complexity index is 1070. The predicted molar refractivity (Wildman–Crippen MR) is 109 cm³/mol. The van der Waals surface area contributed by atoms with Crippen molar-refractivity contribution in [3.8, 4) is 6.07 Å². The Morgan fingerprint density at radius 1 is 1.18 bits per heavy atom. The van der Waals surface area contributed by atoms with Gasteiger partial charge in [0.15, 0.2) is 5.69 Å². The third-order valence-electron chi connectivity index (χ3n) is 4.42. The Morgan fingerprint density at radius 3 is 2.79 bits per heavy atom. The number of H-pyrrole nitrogens is 1. The van der Waals surface area contributed by atoms with Crippen LogP contribution < -0.4 is 21.5 Å². The van der Waals surface area contributed by atoms with E-state index in [0.717, 1.165) is 25.9 Å².